The molecule has 0 unspecified atom stereocenters. The summed E-state index contributed by atoms with van der Waals surface area (Å²) >= 11 is 1.49. The summed E-state index contributed by atoms with van der Waals surface area (Å²) in [5.74, 6) is 1.01. The molecule has 1 saturated heterocycles. The first-order valence-electron chi connectivity index (χ1n) is 9.72. The van der Waals surface area contributed by atoms with Crippen LogP contribution < -0.4 is 9.47 Å². The van der Waals surface area contributed by atoms with Gasteiger partial charge in [-0.1, -0.05) is 13.8 Å². The normalized spacial score (nSPS) is 15.4. The number of amides is 1. The Balaban J connectivity index is 1.70. The van der Waals surface area contributed by atoms with Crippen LogP contribution in [0, 0.1) is 5.92 Å². The third-order valence-electron chi connectivity index (χ3n) is 4.87. The lowest BCUT2D eigenvalue weighted by Gasteiger charge is -2.33. The van der Waals surface area contributed by atoms with Crippen molar-refractivity contribution >= 4 is 27.3 Å². The number of methoxy groups -OCH3 is 2. The molecule has 0 spiro atoms. The van der Waals surface area contributed by atoms with Crippen LogP contribution in [0.5, 0.6) is 11.5 Å². The lowest BCUT2D eigenvalue weighted by atomic mass is 10.1. The van der Waals surface area contributed by atoms with E-state index >= 15 is 0 Å². The molecule has 2 aromatic rings. The van der Waals surface area contributed by atoms with E-state index in [0.29, 0.717) is 30.5 Å². The van der Waals surface area contributed by atoms with E-state index < -0.39 is 10.0 Å². The molecule has 1 aliphatic heterocycles. The molecule has 0 saturated carbocycles. The lowest BCUT2D eigenvalue weighted by molar-refractivity contribution is 0.0692. The van der Waals surface area contributed by atoms with Gasteiger partial charge in [0.05, 0.1) is 19.2 Å². The van der Waals surface area contributed by atoms with Crippen LogP contribution in [0.3, 0.4) is 0 Å². The molecule has 3 rings (SSSR count). The Labute approximate surface area is 181 Å². The van der Waals surface area contributed by atoms with Crippen LogP contribution in [-0.4, -0.2) is 68.9 Å². The summed E-state index contributed by atoms with van der Waals surface area (Å²) in [7, 11) is -0.875. The minimum absolute atomic E-state index is 0.0574. The molecule has 8 nitrogen and oxygen atoms in total. The molecule has 1 fully saturated rings. The van der Waals surface area contributed by atoms with Crippen LogP contribution >= 0.6 is 11.3 Å². The number of nitrogens with zero attached hydrogens (tertiary/aromatic N) is 3. The summed E-state index contributed by atoms with van der Waals surface area (Å²) in [6.07, 6.45) is 0.840. The molecular formula is C20H27N3O5S2. The molecule has 0 N–H and O–H groups in total. The number of aromatic nitrogens is 1. The molecule has 1 amide bonds. The monoisotopic (exact) mass is 453 g/mol. The van der Waals surface area contributed by atoms with Gasteiger partial charge in [-0.15, -0.1) is 11.3 Å². The third-order valence-corrected chi connectivity index (χ3v) is 7.66. The first-order valence-corrected chi connectivity index (χ1v) is 12.0. The fraction of sp³-hybridized carbons (Fsp3) is 0.500. The Morgan fingerprint density at radius 1 is 1.17 bits per heavy atom. The molecule has 30 heavy (non-hydrogen) atoms. The van der Waals surface area contributed by atoms with Crippen LogP contribution in [0.15, 0.2) is 28.5 Å². The fourth-order valence-electron chi connectivity index (χ4n) is 3.27. The van der Waals surface area contributed by atoms with Gasteiger partial charge in [0.2, 0.25) is 10.0 Å². The topological polar surface area (TPSA) is 89.0 Å². The maximum Gasteiger partial charge on any atom is 0.273 e. The van der Waals surface area contributed by atoms with Crippen LogP contribution in [0.25, 0.3) is 0 Å². The average molecular weight is 454 g/mol. The van der Waals surface area contributed by atoms with Crippen molar-refractivity contribution in [2.75, 3.05) is 40.4 Å². The Morgan fingerprint density at radius 3 is 2.47 bits per heavy atom. The number of hydrogen-bond acceptors (Lipinski definition) is 7. The van der Waals surface area contributed by atoms with Gasteiger partial charge in [-0.2, -0.15) is 4.31 Å². The molecule has 164 valence electrons. The van der Waals surface area contributed by atoms with E-state index in [1.807, 2.05) is 0 Å². The number of rotatable bonds is 7. The number of carbonyl (C=O) groups is 1. The van der Waals surface area contributed by atoms with Gasteiger partial charge in [0, 0.05) is 44.0 Å². The maximum atomic E-state index is 13.2. The predicted molar refractivity (Wildman–Crippen MR) is 115 cm³/mol. The molecule has 2 heterocycles. The number of hydrogen-bond donors (Lipinski definition) is 0. The highest BCUT2D eigenvalue weighted by Crippen LogP contribution is 2.31. The van der Waals surface area contributed by atoms with Gasteiger partial charge in [-0.05, 0) is 18.1 Å². The lowest BCUT2D eigenvalue weighted by Crippen LogP contribution is -2.50. The van der Waals surface area contributed by atoms with Crippen molar-refractivity contribution in [3.05, 3.63) is 34.3 Å². The molecule has 1 aliphatic rings. The second kappa shape index (κ2) is 9.32. The van der Waals surface area contributed by atoms with Crippen molar-refractivity contribution < 1.29 is 22.7 Å². The first kappa shape index (κ1) is 22.5. The Morgan fingerprint density at radius 2 is 1.87 bits per heavy atom. The van der Waals surface area contributed by atoms with E-state index in [4.69, 9.17) is 9.47 Å². The van der Waals surface area contributed by atoms with Crippen molar-refractivity contribution in [3.63, 3.8) is 0 Å². The van der Waals surface area contributed by atoms with Crippen molar-refractivity contribution in [3.8, 4) is 11.5 Å². The van der Waals surface area contributed by atoms with E-state index in [-0.39, 0.29) is 29.6 Å². The minimum atomic E-state index is -3.78. The van der Waals surface area contributed by atoms with Gasteiger partial charge in [0.1, 0.15) is 22.1 Å². The Bertz CT molecular complexity index is 996. The molecule has 0 bridgehead atoms. The van der Waals surface area contributed by atoms with Gasteiger partial charge >= 0.3 is 0 Å². The summed E-state index contributed by atoms with van der Waals surface area (Å²) < 4.78 is 38.1. The fourth-order valence-corrected chi connectivity index (χ4v) is 5.85. The van der Waals surface area contributed by atoms with E-state index in [1.54, 1.807) is 22.4 Å². The maximum absolute atomic E-state index is 13.2. The van der Waals surface area contributed by atoms with Crippen LogP contribution in [-0.2, 0) is 16.4 Å². The summed E-state index contributed by atoms with van der Waals surface area (Å²) in [5, 5.41) is 2.73. The minimum Gasteiger partial charge on any atom is -0.497 e. The van der Waals surface area contributed by atoms with Crippen molar-refractivity contribution in [1.29, 1.82) is 0 Å². The number of thiazole rings is 1. The second-order valence-electron chi connectivity index (χ2n) is 7.44. The molecule has 0 radical (unpaired) electrons. The highest BCUT2D eigenvalue weighted by atomic mass is 32.2. The van der Waals surface area contributed by atoms with Crippen molar-refractivity contribution in [2.45, 2.75) is 25.2 Å². The van der Waals surface area contributed by atoms with Crippen molar-refractivity contribution in [2.24, 2.45) is 5.92 Å². The van der Waals surface area contributed by atoms with E-state index in [0.717, 1.165) is 11.4 Å². The van der Waals surface area contributed by atoms with E-state index in [9.17, 15) is 13.2 Å². The highest BCUT2D eigenvalue weighted by molar-refractivity contribution is 7.89. The van der Waals surface area contributed by atoms with Crippen LogP contribution in [0.2, 0.25) is 0 Å². The number of sulfonamides is 1. The number of piperazine rings is 1. The van der Waals surface area contributed by atoms with Gasteiger partial charge in [0.15, 0.2) is 0 Å². The van der Waals surface area contributed by atoms with Crippen LogP contribution in [0.1, 0.15) is 29.3 Å². The number of carbonyl (C=O) groups excluding carboxylic acids is 1. The predicted octanol–water partition coefficient (Wildman–Crippen LogP) is 2.51. The highest BCUT2D eigenvalue weighted by Gasteiger charge is 2.33. The largest absolute Gasteiger partial charge is 0.497 e. The van der Waals surface area contributed by atoms with E-state index in [1.165, 1.54) is 35.9 Å². The summed E-state index contributed by atoms with van der Waals surface area (Å²) in [5.41, 5.74) is 0.432. The Hall–Kier alpha value is -2.17. The average Bonchev–Trinajstić information content (AvgIpc) is 3.20. The van der Waals surface area contributed by atoms with Crippen molar-refractivity contribution in [1.82, 2.24) is 14.2 Å². The zero-order valence-corrected chi connectivity index (χ0v) is 19.3. The van der Waals surface area contributed by atoms with E-state index in [2.05, 4.69) is 18.8 Å². The van der Waals surface area contributed by atoms with Gasteiger partial charge < -0.3 is 14.4 Å². The zero-order chi connectivity index (χ0) is 21.9. The molecule has 1 aromatic carbocycles. The summed E-state index contributed by atoms with van der Waals surface area (Å²) in [6.45, 7) is 5.25. The molecular weight excluding hydrogens is 426 g/mol. The molecule has 10 heteroatoms. The molecule has 0 atom stereocenters. The Kier molecular flexibility index (Phi) is 6.99. The quantitative estimate of drug-likeness (QED) is 0.640. The van der Waals surface area contributed by atoms with Gasteiger partial charge in [-0.25, -0.2) is 13.4 Å². The summed E-state index contributed by atoms with van der Waals surface area (Å²) in [4.78, 5) is 18.9. The molecule has 1 aromatic heterocycles. The number of benzene rings is 1. The van der Waals surface area contributed by atoms with Crippen LogP contribution in [0.4, 0.5) is 0 Å². The summed E-state index contributed by atoms with van der Waals surface area (Å²) in [6, 6.07) is 4.68. The molecule has 0 aliphatic carbocycles. The third kappa shape index (κ3) is 4.76. The van der Waals surface area contributed by atoms with Gasteiger partial charge in [-0.3, -0.25) is 4.79 Å². The standard InChI is InChI=1S/C20H27N3O5S2/c1-14(2)11-19-21-16(13-29-19)20(24)22-7-9-23(10-8-22)30(25,26)18-12-15(27-3)5-6-17(18)28-4/h5-6,12-14H,7-11H2,1-4H3. The second-order valence-corrected chi connectivity index (χ2v) is 10.3. The smallest absolute Gasteiger partial charge is 0.273 e. The zero-order valence-electron chi connectivity index (χ0n) is 17.6. The number of ether oxygens (including phenoxy) is 2. The SMILES string of the molecule is COc1ccc(OC)c(S(=O)(=O)N2CCN(C(=O)c3csc(CC(C)C)n3)CC2)c1. The van der Waals surface area contributed by atoms with Gasteiger partial charge in [0.25, 0.3) is 5.91 Å². The first-order chi connectivity index (χ1) is 14.3.